The number of oxime groups is 1. The molecule has 0 spiro atoms. The number of aliphatic carboxylic acids is 1. The smallest absolute Gasteiger partial charge is 0.360 e. The summed E-state index contributed by atoms with van der Waals surface area (Å²) in [6, 6.07) is 5.36. The number of aldehydes is 1. The van der Waals surface area contributed by atoms with Crippen LogP contribution in [0.4, 0.5) is 28.9 Å². The summed E-state index contributed by atoms with van der Waals surface area (Å²) in [5.74, 6) is -5.75. The third-order valence-corrected chi connectivity index (χ3v) is 3.45. The van der Waals surface area contributed by atoms with Crippen molar-refractivity contribution >= 4 is 47.2 Å². The summed E-state index contributed by atoms with van der Waals surface area (Å²) in [4.78, 5) is 31.9. The van der Waals surface area contributed by atoms with Gasteiger partial charge in [-0.25, -0.2) is 27.2 Å². The van der Waals surface area contributed by atoms with Gasteiger partial charge in [-0.15, -0.1) is 0 Å². The van der Waals surface area contributed by atoms with Crippen LogP contribution < -0.4 is 10.9 Å². The highest BCUT2D eigenvalue weighted by Crippen LogP contribution is 2.15. The van der Waals surface area contributed by atoms with Gasteiger partial charge in [0, 0.05) is 12.1 Å². The molecule has 2 aromatic carbocycles. The van der Waals surface area contributed by atoms with E-state index in [9.17, 15) is 31.9 Å². The van der Waals surface area contributed by atoms with Crippen LogP contribution >= 0.6 is 0 Å². The Labute approximate surface area is 194 Å². The Morgan fingerprint density at radius 1 is 0.943 bits per heavy atom. The summed E-state index contributed by atoms with van der Waals surface area (Å²) in [7, 11) is 0. The quantitative estimate of drug-likeness (QED) is 0.0779. The number of anilines is 2. The zero-order valence-electron chi connectivity index (χ0n) is 17.7. The number of hydrazone groups is 2. The summed E-state index contributed by atoms with van der Waals surface area (Å²) in [5.41, 5.74) is 2.65. The summed E-state index contributed by atoms with van der Waals surface area (Å²) in [6.07, 6.45) is 0.725. The monoisotopic (exact) mass is 499 g/mol. The zero-order chi connectivity index (χ0) is 26.4. The summed E-state index contributed by atoms with van der Waals surface area (Å²) in [5, 5.41) is 26.1. The lowest BCUT2D eigenvalue weighted by molar-refractivity contribution is -0.135. The maximum atomic E-state index is 13.3. The number of carbonyl (C=O) groups is 3. The van der Waals surface area contributed by atoms with Crippen molar-refractivity contribution in [3.05, 3.63) is 59.7 Å². The lowest BCUT2D eigenvalue weighted by Gasteiger charge is -2.04. The van der Waals surface area contributed by atoms with Gasteiger partial charge < -0.3 is 15.1 Å². The normalized spacial score (nSPS) is 11.3. The van der Waals surface area contributed by atoms with Crippen molar-refractivity contribution in [1.82, 2.24) is 0 Å². The third-order valence-electron chi connectivity index (χ3n) is 3.45. The molecule has 0 saturated carbocycles. The van der Waals surface area contributed by atoms with Gasteiger partial charge in [-0.05, 0) is 31.2 Å². The van der Waals surface area contributed by atoms with E-state index < -0.39 is 40.9 Å². The van der Waals surface area contributed by atoms with E-state index in [1.54, 1.807) is 6.92 Å². The predicted octanol–water partition coefficient (Wildman–Crippen LogP) is 2.77. The number of carboxylic acids is 1. The molecule has 0 aliphatic rings. The Morgan fingerprint density at radius 3 is 1.80 bits per heavy atom. The fourth-order valence-corrected chi connectivity index (χ4v) is 1.91. The van der Waals surface area contributed by atoms with Gasteiger partial charge in [-0.2, -0.15) is 10.2 Å². The molecule has 0 amide bonds. The van der Waals surface area contributed by atoms with Crippen LogP contribution in [-0.4, -0.2) is 52.8 Å². The van der Waals surface area contributed by atoms with Gasteiger partial charge in [0.1, 0.15) is 17.8 Å². The van der Waals surface area contributed by atoms with Gasteiger partial charge in [0.15, 0.2) is 23.6 Å². The average molecular weight is 499 g/mol. The van der Waals surface area contributed by atoms with Crippen molar-refractivity contribution in [3.63, 3.8) is 0 Å². The van der Waals surface area contributed by atoms with E-state index in [1.165, 1.54) is 0 Å². The third kappa shape index (κ3) is 9.68. The average Bonchev–Trinajstić information content (AvgIpc) is 2.79. The lowest BCUT2D eigenvalue weighted by Crippen LogP contribution is -2.20. The first-order valence-electron chi connectivity index (χ1n) is 9.23. The van der Waals surface area contributed by atoms with E-state index >= 15 is 0 Å². The highest BCUT2D eigenvalue weighted by atomic mass is 19.1. The largest absolute Gasteiger partial charge is 0.476 e. The standard InChI is InChI=1S/C11H11F2N3O3.C9H6F2N2O3/c1-2-19-11(17)10(6-14-18)16-15-9-4-3-7(12)5-8(9)13;10-5-1-2-7(6(11)3-5)12-13-8(4-14)9(15)16/h3-6,15,18H,2H2,1H3;1-4,12H,(H,15,16). The highest BCUT2D eigenvalue weighted by molar-refractivity contribution is 6.59. The predicted molar refractivity (Wildman–Crippen MR) is 115 cm³/mol. The molecule has 0 bridgehead atoms. The number of nitrogens with one attached hydrogen (secondary N) is 2. The Morgan fingerprint density at radius 2 is 1.43 bits per heavy atom. The minimum absolute atomic E-state index is 0.00321. The molecule has 0 saturated heterocycles. The molecule has 0 radical (unpaired) electrons. The van der Waals surface area contributed by atoms with Crippen LogP contribution in [0.2, 0.25) is 0 Å². The summed E-state index contributed by atoms with van der Waals surface area (Å²) < 4.78 is 56.0. The number of benzene rings is 2. The first-order valence-corrected chi connectivity index (χ1v) is 9.23. The van der Waals surface area contributed by atoms with E-state index in [2.05, 4.69) is 25.5 Å². The van der Waals surface area contributed by atoms with Crippen LogP contribution in [0, 0.1) is 23.3 Å². The van der Waals surface area contributed by atoms with E-state index in [0.717, 1.165) is 30.5 Å². The fourth-order valence-electron chi connectivity index (χ4n) is 1.91. The van der Waals surface area contributed by atoms with Gasteiger partial charge >= 0.3 is 11.9 Å². The lowest BCUT2D eigenvalue weighted by atomic mass is 10.3. The minimum atomic E-state index is -1.55. The van der Waals surface area contributed by atoms with Gasteiger partial charge in [0.25, 0.3) is 0 Å². The van der Waals surface area contributed by atoms with Gasteiger partial charge in [0.05, 0.1) is 18.0 Å². The van der Waals surface area contributed by atoms with E-state index in [-0.39, 0.29) is 30.0 Å². The molecule has 0 fully saturated rings. The number of esters is 1. The second-order valence-electron chi connectivity index (χ2n) is 5.85. The number of hydrogen-bond acceptors (Lipinski definition) is 10. The fraction of sp³-hybridized carbons (Fsp3) is 0.100. The molecule has 4 N–H and O–H groups in total. The molecule has 35 heavy (non-hydrogen) atoms. The van der Waals surface area contributed by atoms with Crippen molar-refractivity contribution in [1.29, 1.82) is 0 Å². The molecular formula is C20H17F4N5O6. The molecule has 0 unspecified atom stereocenters. The SMILES string of the molecule is CCOC(=O)C(C=NO)=NNc1ccc(F)cc1F.O=CC(=NNc1ccc(F)cc1F)C(=O)O. The maximum Gasteiger partial charge on any atom is 0.360 e. The summed E-state index contributed by atoms with van der Waals surface area (Å²) >= 11 is 0. The molecule has 11 nitrogen and oxygen atoms in total. The van der Waals surface area contributed by atoms with Crippen LogP contribution in [0.3, 0.4) is 0 Å². The Balaban J connectivity index is 0.000000355. The molecular weight excluding hydrogens is 482 g/mol. The number of halogens is 4. The molecule has 0 aliphatic carbocycles. The molecule has 2 rings (SSSR count). The van der Waals surface area contributed by atoms with Crippen LogP contribution in [0.1, 0.15) is 6.92 Å². The van der Waals surface area contributed by atoms with Crippen molar-refractivity contribution in [2.45, 2.75) is 6.92 Å². The molecule has 0 atom stereocenters. The zero-order valence-corrected chi connectivity index (χ0v) is 17.7. The topological polar surface area (TPSA) is 162 Å². The molecule has 0 aliphatic heterocycles. The second-order valence-corrected chi connectivity index (χ2v) is 5.85. The highest BCUT2D eigenvalue weighted by Gasteiger charge is 2.12. The molecule has 186 valence electrons. The van der Waals surface area contributed by atoms with Crippen LogP contribution in [0.15, 0.2) is 51.8 Å². The Hall–Kier alpha value is -4.82. The van der Waals surface area contributed by atoms with Gasteiger partial charge in [0.2, 0.25) is 5.71 Å². The number of carbonyl (C=O) groups excluding carboxylic acids is 2. The first-order chi connectivity index (χ1) is 16.6. The van der Waals surface area contributed by atoms with Crippen LogP contribution in [-0.2, 0) is 19.1 Å². The second kappa shape index (κ2) is 14.4. The van der Waals surface area contributed by atoms with Crippen molar-refractivity contribution in [2.24, 2.45) is 15.4 Å². The first kappa shape index (κ1) is 28.2. The van der Waals surface area contributed by atoms with E-state index in [4.69, 9.17) is 10.3 Å². The number of hydrogen-bond donors (Lipinski definition) is 4. The Bertz CT molecular complexity index is 1160. The minimum Gasteiger partial charge on any atom is -0.476 e. The molecule has 0 heterocycles. The molecule has 15 heteroatoms. The summed E-state index contributed by atoms with van der Waals surface area (Å²) in [6.45, 7) is 1.68. The number of nitrogens with zero attached hydrogens (tertiary/aromatic N) is 3. The van der Waals surface area contributed by atoms with E-state index in [1.807, 2.05) is 5.43 Å². The molecule has 0 aromatic heterocycles. The van der Waals surface area contributed by atoms with Gasteiger partial charge in [-0.1, -0.05) is 5.16 Å². The van der Waals surface area contributed by atoms with Crippen molar-refractivity contribution < 1.29 is 47.0 Å². The maximum absolute atomic E-state index is 13.3. The van der Waals surface area contributed by atoms with Crippen molar-refractivity contribution in [3.8, 4) is 0 Å². The number of rotatable bonds is 9. The van der Waals surface area contributed by atoms with Crippen LogP contribution in [0.25, 0.3) is 0 Å². The molecule has 2 aromatic rings. The van der Waals surface area contributed by atoms with Gasteiger partial charge in [-0.3, -0.25) is 15.6 Å². The number of carboxylic acid groups (broad SMARTS) is 1. The number of ether oxygens (including phenoxy) is 1. The van der Waals surface area contributed by atoms with E-state index in [0.29, 0.717) is 12.1 Å². The van der Waals surface area contributed by atoms with Crippen molar-refractivity contribution in [2.75, 3.05) is 17.5 Å². The Kier molecular flexibility index (Phi) is 11.6. The van der Waals surface area contributed by atoms with Crippen LogP contribution in [0.5, 0.6) is 0 Å².